The molecule has 0 amide bonds. The van der Waals surface area contributed by atoms with E-state index >= 15 is 0 Å². The first-order chi connectivity index (χ1) is 7.17. The van der Waals surface area contributed by atoms with Crippen LogP contribution in [0.4, 0.5) is 0 Å². The van der Waals surface area contributed by atoms with Crippen LogP contribution in [0, 0.1) is 0 Å². The maximum absolute atomic E-state index is 5.68. The van der Waals surface area contributed by atoms with Crippen LogP contribution in [0.2, 0.25) is 5.15 Å². The molecule has 0 unspecified atom stereocenters. The topological polar surface area (TPSA) is 29.0 Å². The molecule has 4 heteroatoms. The summed E-state index contributed by atoms with van der Waals surface area (Å²) < 4.78 is 0. The molecule has 1 aromatic heterocycles. The predicted molar refractivity (Wildman–Crippen MR) is 62.9 cm³/mol. The Hall–Kier alpha value is -0.670. The Kier molecular flexibility index (Phi) is 4.99. The average molecular weight is 228 g/mol. The van der Waals surface area contributed by atoms with Gasteiger partial charge >= 0.3 is 0 Å². The first kappa shape index (κ1) is 12.4. The van der Waals surface area contributed by atoms with E-state index in [1.165, 1.54) is 0 Å². The first-order valence-corrected chi connectivity index (χ1v) is 5.71. The van der Waals surface area contributed by atoms with Gasteiger partial charge in [0.25, 0.3) is 0 Å². The summed E-state index contributed by atoms with van der Waals surface area (Å²) in [5.74, 6) is 0. The van der Waals surface area contributed by atoms with E-state index in [0.717, 1.165) is 25.1 Å². The standard InChI is InChI=1S/C11H18ClN3/c1-4-10(5-2)15(3)8-9-6-14-11(12)7-13-9/h6-7,10H,4-5,8H2,1-3H3. The van der Waals surface area contributed by atoms with Gasteiger partial charge in [-0.25, -0.2) is 4.98 Å². The minimum Gasteiger partial charge on any atom is -0.298 e. The Labute approximate surface area is 96.5 Å². The Balaban J connectivity index is 2.57. The molecule has 3 nitrogen and oxygen atoms in total. The van der Waals surface area contributed by atoms with E-state index in [9.17, 15) is 0 Å². The third kappa shape index (κ3) is 3.76. The fourth-order valence-corrected chi connectivity index (χ4v) is 1.81. The van der Waals surface area contributed by atoms with E-state index < -0.39 is 0 Å². The van der Waals surface area contributed by atoms with Crippen molar-refractivity contribution in [3.05, 3.63) is 23.2 Å². The normalized spacial score (nSPS) is 11.3. The molecule has 0 fully saturated rings. The summed E-state index contributed by atoms with van der Waals surface area (Å²) in [6, 6.07) is 0.613. The fourth-order valence-electron chi connectivity index (χ4n) is 1.72. The Morgan fingerprint density at radius 1 is 1.27 bits per heavy atom. The monoisotopic (exact) mass is 227 g/mol. The molecule has 0 radical (unpaired) electrons. The molecule has 0 saturated heterocycles. The SMILES string of the molecule is CCC(CC)N(C)Cc1cnc(Cl)cn1. The number of rotatable bonds is 5. The van der Waals surface area contributed by atoms with Crippen molar-refractivity contribution >= 4 is 11.6 Å². The summed E-state index contributed by atoms with van der Waals surface area (Å²) in [5, 5.41) is 0.448. The summed E-state index contributed by atoms with van der Waals surface area (Å²) in [6.07, 6.45) is 5.65. The molecule has 0 atom stereocenters. The van der Waals surface area contributed by atoms with Gasteiger partial charge in [-0.3, -0.25) is 9.88 Å². The highest BCUT2D eigenvalue weighted by Crippen LogP contribution is 2.10. The van der Waals surface area contributed by atoms with Crippen LogP contribution in [0.1, 0.15) is 32.4 Å². The number of halogens is 1. The van der Waals surface area contributed by atoms with Crippen LogP contribution >= 0.6 is 11.6 Å². The number of hydrogen-bond donors (Lipinski definition) is 0. The van der Waals surface area contributed by atoms with Crippen molar-refractivity contribution in [2.45, 2.75) is 39.3 Å². The molecule has 0 saturated carbocycles. The van der Waals surface area contributed by atoms with Gasteiger partial charge in [-0.15, -0.1) is 0 Å². The van der Waals surface area contributed by atoms with Crippen molar-refractivity contribution in [1.29, 1.82) is 0 Å². The maximum Gasteiger partial charge on any atom is 0.147 e. The average Bonchev–Trinajstić information content (AvgIpc) is 2.23. The highest BCUT2D eigenvalue weighted by Gasteiger charge is 2.11. The van der Waals surface area contributed by atoms with E-state index in [-0.39, 0.29) is 0 Å². The van der Waals surface area contributed by atoms with Crippen molar-refractivity contribution in [3.8, 4) is 0 Å². The summed E-state index contributed by atoms with van der Waals surface area (Å²) in [5.41, 5.74) is 0.966. The molecule has 0 bridgehead atoms. The van der Waals surface area contributed by atoms with Gasteiger partial charge in [-0.1, -0.05) is 25.4 Å². The largest absolute Gasteiger partial charge is 0.298 e. The second kappa shape index (κ2) is 6.03. The fraction of sp³-hybridized carbons (Fsp3) is 0.636. The second-order valence-electron chi connectivity index (χ2n) is 3.72. The molecule has 0 spiro atoms. The lowest BCUT2D eigenvalue weighted by Crippen LogP contribution is -2.30. The lowest BCUT2D eigenvalue weighted by molar-refractivity contribution is 0.219. The van der Waals surface area contributed by atoms with Crippen LogP contribution in [0.25, 0.3) is 0 Å². The number of hydrogen-bond acceptors (Lipinski definition) is 3. The number of aromatic nitrogens is 2. The highest BCUT2D eigenvalue weighted by molar-refractivity contribution is 6.29. The first-order valence-electron chi connectivity index (χ1n) is 5.34. The Bertz CT molecular complexity index is 282. The van der Waals surface area contributed by atoms with Crippen LogP contribution in [-0.4, -0.2) is 28.0 Å². The van der Waals surface area contributed by atoms with Gasteiger partial charge < -0.3 is 0 Å². The summed E-state index contributed by atoms with van der Waals surface area (Å²) in [6.45, 7) is 5.24. The zero-order valence-electron chi connectivity index (χ0n) is 9.57. The Morgan fingerprint density at radius 2 is 1.93 bits per heavy atom. The van der Waals surface area contributed by atoms with Crippen molar-refractivity contribution in [1.82, 2.24) is 14.9 Å². The second-order valence-corrected chi connectivity index (χ2v) is 4.10. The molecule has 15 heavy (non-hydrogen) atoms. The van der Waals surface area contributed by atoms with Gasteiger partial charge in [-0.2, -0.15) is 0 Å². The summed E-state index contributed by atoms with van der Waals surface area (Å²) in [7, 11) is 2.12. The lowest BCUT2D eigenvalue weighted by Gasteiger charge is -2.25. The van der Waals surface area contributed by atoms with E-state index in [0.29, 0.717) is 11.2 Å². The smallest absolute Gasteiger partial charge is 0.147 e. The Morgan fingerprint density at radius 3 is 2.40 bits per heavy atom. The van der Waals surface area contributed by atoms with Crippen LogP contribution in [-0.2, 0) is 6.54 Å². The van der Waals surface area contributed by atoms with Gasteiger partial charge in [0.1, 0.15) is 5.15 Å². The van der Waals surface area contributed by atoms with Gasteiger partial charge in [0.2, 0.25) is 0 Å². The molecule has 1 aromatic rings. The number of nitrogens with zero attached hydrogens (tertiary/aromatic N) is 3. The van der Waals surface area contributed by atoms with Crippen molar-refractivity contribution in [2.75, 3.05) is 7.05 Å². The minimum atomic E-state index is 0.448. The molecule has 1 rings (SSSR count). The quantitative estimate of drug-likeness (QED) is 0.775. The molecule has 1 heterocycles. The third-order valence-corrected chi connectivity index (χ3v) is 2.85. The highest BCUT2D eigenvalue weighted by atomic mass is 35.5. The molecule has 84 valence electrons. The van der Waals surface area contributed by atoms with Crippen molar-refractivity contribution < 1.29 is 0 Å². The van der Waals surface area contributed by atoms with E-state index in [1.807, 2.05) is 0 Å². The maximum atomic E-state index is 5.68. The molecule has 0 aromatic carbocycles. The van der Waals surface area contributed by atoms with Gasteiger partial charge in [-0.05, 0) is 19.9 Å². The van der Waals surface area contributed by atoms with Gasteiger partial charge in [0, 0.05) is 12.6 Å². The van der Waals surface area contributed by atoms with Crippen LogP contribution in [0.5, 0.6) is 0 Å². The molecular formula is C11H18ClN3. The minimum absolute atomic E-state index is 0.448. The van der Waals surface area contributed by atoms with E-state index in [1.54, 1.807) is 12.4 Å². The molecule has 0 aliphatic rings. The molecule has 0 aliphatic heterocycles. The third-order valence-electron chi connectivity index (χ3n) is 2.65. The van der Waals surface area contributed by atoms with Crippen molar-refractivity contribution in [3.63, 3.8) is 0 Å². The zero-order chi connectivity index (χ0) is 11.3. The van der Waals surface area contributed by atoms with Crippen LogP contribution < -0.4 is 0 Å². The zero-order valence-corrected chi connectivity index (χ0v) is 10.3. The predicted octanol–water partition coefficient (Wildman–Crippen LogP) is 2.75. The summed E-state index contributed by atoms with van der Waals surface area (Å²) >= 11 is 5.68. The van der Waals surface area contributed by atoms with Gasteiger partial charge in [0.05, 0.1) is 18.1 Å². The lowest BCUT2D eigenvalue weighted by atomic mass is 10.1. The molecule has 0 N–H and O–H groups in total. The van der Waals surface area contributed by atoms with Gasteiger partial charge in [0.15, 0.2) is 0 Å². The molecular weight excluding hydrogens is 210 g/mol. The van der Waals surface area contributed by atoms with Crippen LogP contribution in [0.3, 0.4) is 0 Å². The van der Waals surface area contributed by atoms with Crippen LogP contribution in [0.15, 0.2) is 12.4 Å². The molecule has 0 aliphatic carbocycles. The van der Waals surface area contributed by atoms with E-state index in [2.05, 4.69) is 35.8 Å². The van der Waals surface area contributed by atoms with E-state index in [4.69, 9.17) is 11.6 Å². The summed E-state index contributed by atoms with van der Waals surface area (Å²) in [4.78, 5) is 10.6. The van der Waals surface area contributed by atoms with Crippen molar-refractivity contribution in [2.24, 2.45) is 0 Å².